The summed E-state index contributed by atoms with van der Waals surface area (Å²) in [6.07, 6.45) is 5.79. The minimum atomic E-state index is 0.346. The van der Waals surface area contributed by atoms with Crippen LogP contribution in [0.4, 0.5) is 0 Å². The zero-order chi connectivity index (χ0) is 13.7. The number of benzene rings is 1. The summed E-state index contributed by atoms with van der Waals surface area (Å²) >= 11 is 6.04. The number of imidazole rings is 1. The second-order valence-corrected chi connectivity index (χ2v) is 5.11. The predicted molar refractivity (Wildman–Crippen MR) is 79.4 cm³/mol. The standard InChI is InChI=1S/C15H20ClN3/c1-3-14(12-5-4-6-13(16)11-12)17-8-7-15-18-9-10-19(15)2/h4-6,9-11,14,17H,3,7-8H2,1-2H3. The predicted octanol–water partition coefficient (Wildman–Crippen LogP) is 3.36. The first-order valence-corrected chi connectivity index (χ1v) is 7.03. The molecule has 0 saturated heterocycles. The van der Waals surface area contributed by atoms with Gasteiger partial charge in [-0.3, -0.25) is 0 Å². The molecule has 0 bridgehead atoms. The largest absolute Gasteiger partial charge is 0.338 e. The average molecular weight is 278 g/mol. The summed E-state index contributed by atoms with van der Waals surface area (Å²) in [7, 11) is 2.02. The van der Waals surface area contributed by atoms with Gasteiger partial charge in [0.05, 0.1) is 0 Å². The monoisotopic (exact) mass is 277 g/mol. The highest BCUT2D eigenvalue weighted by Gasteiger charge is 2.09. The van der Waals surface area contributed by atoms with Gasteiger partial charge in [0.2, 0.25) is 0 Å². The number of hydrogen-bond acceptors (Lipinski definition) is 2. The molecule has 102 valence electrons. The Balaban J connectivity index is 1.91. The molecule has 0 amide bonds. The number of nitrogens with one attached hydrogen (secondary N) is 1. The van der Waals surface area contributed by atoms with E-state index >= 15 is 0 Å². The van der Waals surface area contributed by atoms with Gasteiger partial charge in [-0.15, -0.1) is 0 Å². The van der Waals surface area contributed by atoms with Crippen LogP contribution in [-0.4, -0.2) is 16.1 Å². The maximum absolute atomic E-state index is 6.04. The molecule has 1 N–H and O–H groups in total. The van der Waals surface area contributed by atoms with Crippen molar-refractivity contribution in [2.45, 2.75) is 25.8 Å². The molecule has 0 aliphatic rings. The lowest BCUT2D eigenvalue weighted by molar-refractivity contribution is 0.516. The quantitative estimate of drug-likeness (QED) is 0.877. The van der Waals surface area contributed by atoms with E-state index in [9.17, 15) is 0 Å². The van der Waals surface area contributed by atoms with Gasteiger partial charge in [0, 0.05) is 43.5 Å². The molecule has 3 nitrogen and oxygen atoms in total. The van der Waals surface area contributed by atoms with Crippen molar-refractivity contribution in [3.63, 3.8) is 0 Å². The molecule has 0 fully saturated rings. The van der Waals surface area contributed by atoms with Gasteiger partial charge in [-0.25, -0.2) is 4.98 Å². The Morgan fingerprint density at radius 1 is 1.42 bits per heavy atom. The Hall–Kier alpha value is -1.32. The molecule has 1 aromatic heterocycles. The molecule has 0 aliphatic heterocycles. The van der Waals surface area contributed by atoms with Crippen molar-refractivity contribution in [2.24, 2.45) is 7.05 Å². The number of hydrogen-bond donors (Lipinski definition) is 1. The van der Waals surface area contributed by atoms with Gasteiger partial charge in [-0.2, -0.15) is 0 Å². The van der Waals surface area contributed by atoms with Gasteiger partial charge < -0.3 is 9.88 Å². The molecule has 1 heterocycles. The lowest BCUT2D eigenvalue weighted by atomic mass is 10.0. The summed E-state index contributed by atoms with van der Waals surface area (Å²) in [6.45, 7) is 3.09. The first-order valence-electron chi connectivity index (χ1n) is 6.65. The third-order valence-corrected chi connectivity index (χ3v) is 3.55. The molecular formula is C15H20ClN3. The van der Waals surface area contributed by atoms with E-state index in [-0.39, 0.29) is 0 Å². The second kappa shape index (κ2) is 6.73. The summed E-state index contributed by atoms with van der Waals surface area (Å²) in [5, 5.41) is 4.36. The lowest BCUT2D eigenvalue weighted by Gasteiger charge is -2.17. The van der Waals surface area contributed by atoms with E-state index in [1.54, 1.807) is 0 Å². The van der Waals surface area contributed by atoms with E-state index in [0.717, 1.165) is 30.2 Å². The number of halogens is 1. The maximum atomic E-state index is 6.04. The summed E-state index contributed by atoms with van der Waals surface area (Å²) in [5.74, 6) is 1.11. The highest BCUT2D eigenvalue weighted by Crippen LogP contribution is 2.20. The van der Waals surface area contributed by atoms with E-state index in [4.69, 9.17) is 11.6 Å². The number of aryl methyl sites for hydroxylation is 1. The molecule has 0 spiro atoms. The van der Waals surface area contributed by atoms with Crippen LogP contribution in [0.5, 0.6) is 0 Å². The molecule has 2 aromatic rings. The second-order valence-electron chi connectivity index (χ2n) is 4.67. The molecule has 1 unspecified atom stereocenters. The van der Waals surface area contributed by atoms with Crippen molar-refractivity contribution in [3.05, 3.63) is 53.1 Å². The smallest absolute Gasteiger partial charge is 0.109 e. The Kier molecular flexibility index (Phi) is 5.00. The minimum absolute atomic E-state index is 0.346. The van der Waals surface area contributed by atoms with Crippen LogP contribution in [-0.2, 0) is 13.5 Å². The topological polar surface area (TPSA) is 29.9 Å². The lowest BCUT2D eigenvalue weighted by Crippen LogP contribution is -2.24. The Labute approximate surface area is 119 Å². The fourth-order valence-electron chi connectivity index (χ4n) is 2.22. The number of rotatable bonds is 6. The Morgan fingerprint density at radius 3 is 2.89 bits per heavy atom. The van der Waals surface area contributed by atoms with Gasteiger partial charge in [0.1, 0.15) is 5.82 Å². The minimum Gasteiger partial charge on any atom is -0.338 e. The number of nitrogens with zero attached hydrogens (tertiary/aromatic N) is 2. The molecule has 19 heavy (non-hydrogen) atoms. The van der Waals surface area contributed by atoms with Gasteiger partial charge >= 0.3 is 0 Å². The zero-order valence-corrected chi connectivity index (χ0v) is 12.2. The molecule has 4 heteroatoms. The summed E-state index contributed by atoms with van der Waals surface area (Å²) < 4.78 is 2.06. The first-order chi connectivity index (χ1) is 9.20. The SMILES string of the molecule is CCC(NCCc1nccn1C)c1cccc(Cl)c1. The van der Waals surface area contributed by atoms with Crippen LogP contribution in [0.15, 0.2) is 36.7 Å². The van der Waals surface area contributed by atoms with Crippen LogP contribution in [0.2, 0.25) is 5.02 Å². The van der Waals surface area contributed by atoms with Crippen molar-refractivity contribution in [2.75, 3.05) is 6.54 Å². The van der Waals surface area contributed by atoms with Gasteiger partial charge in [-0.05, 0) is 24.1 Å². The molecule has 0 aliphatic carbocycles. The van der Waals surface area contributed by atoms with Gasteiger partial charge in [0.25, 0.3) is 0 Å². The summed E-state index contributed by atoms with van der Waals surface area (Å²) in [5.41, 5.74) is 1.25. The summed E-state index contributed by atoms with van der Waals surface area (Å²) in [6, 6.07) is 8.41. The highest BCUT2D eigenvalue weighted by atomic mass is 35.5. The number of aromatic nitrogens is 2. The van der Waals surface area contributed by atoms with E-state index < -0.39 is 0 Å². The fraction of sp³-hybridized carbons (Fsp3) is 0.400. The zero-order valence-electron chi connectivity index (χ0n) is 11.4. The molecule has 0 saturated carbocycles. The Bertz CT molecular complexity index is 522. The average Bonchev–Trinajstić information content (AvgIpc) is 2.80. The van der Waals surface area contributed by atoms with Gasteiger partial charge in [0.15, 0.2) is 0 Å². The Morgan fingerprint density at radius 2 is 2.26 bits per heavy atom. The first kappa shape index (κ1) is 14.1. The van der Waals surface area contributed by atoms with Crippen LogP contribution < -0.4 is 5.32 Å². The van der Waals surface area contributed by atoms with Crippen molar-refractivity contribution < 1.29 is 0 Å². The molecule has 1 atom stereocenters. The van der Waals surface area contributed by atoms with E-state index in [0.29, 0.717) is 6.04 Å². The van der Waals surface area contributed by atoms with E-state index in [1.165, 1.54) is 5.56 Å². The molecular weight excluding hydrogens is 258 g/mol. The third-order valence-electron chi connectivity index (χ3n) is 3.32. The van der Waals surface area contributed by atoms with Crippen LogP contribution in [0.1, 0.15) is 30.8 Å². The normalized spacial score (nSPS) is 12.6. The van der Waals surface area contributed by atoms with Crippen LogP contribution in [0, 0.1) is 0 Å². The third kappa shape index (κ3) is 3.82. The highest BCUT2D eigenvalue weighted by molar-refractivity contribution is 6.30. The summed E-state index contributed by atoms with van der Waals surface area (Å²) in [4.78, 5) is 4.33. The fourth-order valence-corrected chi connectivity index (χ4v) is 2.42. The van der Waals surface area contributed by atoms with Crippen LogP contribution >= 0.6 is 11.6 Å². The molecule has 2 rings (SSSR count). The van der Waals surface area contributed by atoms with Crippen molar-refractivity contribution in [1.29, 1.82) is 0 Å². The van der Waals surface area contributed by atoms with Crippen molar-refractivity contribution in [1.82, 2.24) is 14.9 Å². The molecule has 1 aromatic carbocycles. The maximum Gasteiger partial charge on any atom is 0.109 e. The van der Waals surface area contributed by atoms with E-state index in [1.807, 2.05) is 37.6 Å². The van der Waals surface area contributed by atoms with Crippen molar-refractivity contribution in [3.8, 4) is 0 Å². The van der Waals surface area contributed by atoms with Crippen molar-refractivity contribution >= 4 is 11.6 Å². The molecule has 0 radical (unpaired) electrons. The van der Waals surface area contributed by atoms with Crippen LogP contribution in [0.3, 0.4) is 0 Å². The van der Waals surface area contributed by atoms with E-state index in [2.05, 4.69) is 27.9 Å². The van der Waals surface area contributed by atoms with Gasteiger partial charge in [-0.1, -0.05) is 30.7 Å². The van der Waals surface area contributed by atoms with Crippen LogP contribution in [0.25, 0.3) is 0 Å².